The summed E-state index contributed by atoms with van der Waals surface area (Å²) >= 11 is 0. The molecule has 138 valence electrons. The van der Waals surface area contributed by atoms with E-state index in [1.807, 2.05) is 4.90 Å². The number of nitrogens with zero attached hydrogens (tertiary/aromatic N) is 3. The van der Waals surface area contributed by atoms with Gasteiger partial charge in [-0.3, -0.25) is 14.6 Å². The summed E-state index contributed by atoms with van der Waals surface area (Å²) in [4.78, 5) is 19.2. The van der Waals surface area contributed by atoms with Gasteiger partial charge in [0.25, 0.3) is 0 Å². The van der Waals surface area contributed by atoms with Gasteiger partial charge < -0.3 is 4.90 Å². The van der Waals surface area contributed by atoms with Gasteiger partial charge in [-0.2, -0.15) is 0 Å². The predicted molar refractivity (Wildman–Crippen MR) is 94.7 cm³/mol. The minimum absolute atomic E-state index is 0.166. The Morgan fingerprint density at radius 3 is 2.42 bits per heavy atom. The molecule has 24 heavy (non-hydrogen) atoms. The molecule has 6 nitrogen and oxygen atoms in total. The van der Waals surface area contributed by atoms with E-state index >= 15 is 0 Å². The maximum absolute atomic E-state index is 12.6. The van der Waals surface area contributed by atoms with Crippen LogP contribution in [0.4, 0.5) is 0 Å². The SMILES string of the molecule is CCC1CCCCN1CC(=O)N1CCN(C2CCS(=O)(=O)C2)CC1. The molecule has 3 saturated heterocycles. The van der Waals surface area contributed by atoms with Gasteiger partial charge in [-0.1, -0.05) is 13.3 Å². The summed E-state index contributed by atoms with van der Waals surface area (Å²) in [5, 5.41) is 0. The summed E-state index contributed by atoms with van der Waals surface area (Å²) < 4.78 is 23.3. The van der Waals surface area contributed by atoms with Crippen LogP contribution in [0.5, 0.6) is 0 Å². The fourth-order valence-electron chi connectivity index (χ4n) is 4.40. The molecule has 3 aliphatic rings. The van der Waals surface area contributed by atoms with E-state index in [0.29, 0.717) is 24.1 Å². The number of sulfone groups is 1. The Morgan fingerprint density at radius 1 is 1.04 bits per heavy atom. The number of piperazine rings is 1. The van der Waals surface area contributed by atoms with E-state index in [2.05, 4.69) is 16.7 Å². The van der Waals surface area contributed by atoms with Gasteiger partial charge in [0.1, 0.15) is 0 Å². The Hall–Kier alpha value is -0.660. The number of rotatable bonds is 4. The number of carbonyl (C=O) groups excluding carboxylic acids is 1. The van der Waals surface area contributed by atoms with Gasteiger partial charge in [0.05, 0.1) is 18.1 Å². The van der Waals surface area contributed by atoms with Crippen molar-refractivity contribution in [3.63, 3.8) is 0 Å². The van der Waals surface area contributed by atoms with Crippen molar-refractivity contribution in [1.29, 1.82) is 0 Å². The standard InChI is InChI=1S/C17H31N3O3S/c1-2-15-5-3-4-7-20(15)13-17(21)19-10-8-18(9-11-19)16-6-12-24(22,23)14-16/h15-16H,2-14H2,1H3. The van der Waals surface area contributed by atoms with Crippen LogP contribution in [0, 0.1) is 0 Å². The molecule has 3 aliphatic heterocycles. The minimum Gasteiger partial charge on any atom is -0.339 e. The van der Waals surface area contributed by atoms with Crippen LogP contribution in [-0.2, 0) is 14.6 Å². The summed E-state index contributed by atoms with van der Waals surface area (Å²) in [6.45, 7) is 6.90. The average molecular weight is 358 g/mol. The van der Waals surface area contributed by atoms with E-state index in [4.69, 9.17) is 0 Å². The van der Waals surface area contributed by atoms with Gasteiger partial charge in [0.15, 0.2) is 9.84 Å². The molecule has 7 heteroatoms. The summed E-state index contributed by atoms with van der Waals surface area (Å²) in [6, 6.07) is 0.728. The Balaban J connectivity index is 1.46. The molecule has 3 rings (SSSR count). The molecule has 1 amide bonds. The van der Waals surface area contributed by atoms with Crippen LogP contribution in [0.2, 0.25) is 0 Å². The van der Waals surface area contributed by atoms with E-state index in [0.717, 1.165) is 45.6 Å². The molecule has 0 bridgehead atoms. The number of likely N-dealkylation sites (tertiary alicyclic amines) is 1. The van der Waals surface area contributed by atoms with Crippen LogP contribution in [0.15, 0.2) is 0 Å². The molecule has 0 radical (unpaired) electrons. The van der Waals surface area contributed by atoms with Gasteiger partial charge in [0, 0.05) is 38.3 Å². The van der Waals surface area contributed by atoms with Crippen molar-refractivity contribution >= 4 is 15.7 Å². The highest BCUT2D eigenvalue weighted by atomic mass is 32.2. The van der Waals surface area contributed by atoms with Crippen molar-refractivity contribution in [2.24, 2.45) is 0 Å². The fourth-order valence-corrected chi connectivity index (χ4v) is 6.17. The second-order valence-corrected chi connectivity index (χ2v) is 9.73. The number of carbonyl (C=O) groups is 1. The molecule has 3 fully saturated rings. The van der Waals surface area contributed by atoms with Crippen molar-refractivity contribution in [1.82, 2.24) is 14.7 Å². The fraction of sp³-hybridized carbons (Fsp3) is 0.941. The summed E-state index contributed by atoms with van der Waals surface area (Å²) in [7, 11) is -2.83. The third-order valence-corrected chi connectivity index (χ3v) is 7.70. The van der Waals surface area contributed by atoms with Crippen molar-refractivity contribution in [2.45, 2.75) is 51.1 Å². The van der Waals surface area contributed by atoms with Gasteiger partial charge in [-0.15, -0.1) is 0 Å². The Morgan fingerprint density at radius 2 is 1.79 bits per heavy atom. The molecule has 3 heterocycles. The lowest BCUT2D eigenvalue weighted by atomic mass is 10.00. The molecule has 2 atom stereocenters. The first-order chi connectivity index (χ1) is 11.5. The van der Waals surface area contributed by atoms with Gasteiger partial charge in [-0.25, -0.2) is 8.42 Å². The third-order valence-electron chi connectivity index (χ3n) is 5.95. The van der Waals surface area contributed by atoms with Crippen LogP contribution in [0.3, 0.4) is 0 Å². The topological polar surface area (TPSA) is 60.9 Å². The zero-order valence-corrected chi connectivity index (χ0v) is 15.6. The number of amides is 1. The minimum atomic E-state index is -2.83. The number of hydrogen-bond acceptors (Lipinski definition) is 5. The maximum atomic E-state index is 12.6. The van der Waals surface area contributed by atoms with E-state index < -0.39 is 9.84 Å². The molecule has 0 aromatic heterocycles. The monoisotopic (exact) mass is 357 g/mol. The van der Waals surface area contributed by atoms with Crippen LogP contribution in [-0.4, -0.2) is 91.9 Å². The predicted octanol–water partition coefficient (Wildman–Crippen LogP) is 0.582. The van der Waals surface area contributed by atoms with Crippen LogP contribution < -0.4 is 0 Å². The van der Waals surface area contributed by atoms with Crippen molar-refractivity contribution in [3.05, 3.63) is 0 Å². The van der Waals surface area contributed by atoms with E-state index in [-0.39, 0.29) is 11.9 Å². The van der Waals surface area contributed by atoms with Gasteiger partial charge in [-0.05, 0) is 32.2 Å². The smallest absolute Gasteiger partial charge is 0.236 e. The van der Waals surface area contributed by atoms with E-state index in [9.17, 15) is 13.2 Å². The Bertz CT molecular complexity index is 543. The van der Waals surface area contributed by atoms with Crippen molar-refractivity contribution < 1.29 is 13.2 Å². The first kappa shape index (κ1) is 18.1. The molecule has 0 aliphatic carbocycles. The highest BCUT2D eigenvalue weighted by Crippen LogP contribution is 2.21. The lowest BCUT2D eigenvalue weighted by Crippen LogP contribution is -2.55. The largest absolute Gasteiger partial charge is 0.339 e. The lowest BCUT2D eigenvalue weighted by molar-refractivity contribution is -0.135. The second kappa shape index (κ2) is 7.70. The maximum Gasteiger partial charge on any atom is 0.236 e. The van der Waals surface area contributed by atoms with E-state index in [1.54, 1.807) is 0 Å². The number of piperidine rings is 1. The molecule has 0 saturated carbocycles. The highest BCUT2D eigenvalue weighted by Gasteiger charge is 2.34. The van der Waals surface area contributed by atoms with Gasteiger partial charge >= 0.3 is 0 Å². The third kappa shape index (κ3) is 4.29. The van der Waals surface area contributed by atoms with Crippen molar-refractivity contribution in [2.75, 3.05) is 50.8 Å². The van der Waals surface area contributed by atoms with Gasteiger partial charge in [0.2, 0.25) is 5.91 Å². The zero-order valence-electron chi connectivity index (χ0n) is 14.8. The molecule has 0 aromatic carbocycles. The quantitative estimate of drug-likeness (QED) is 0.737. The second-order valence-electron chi connectivity index (χ2n) is 7.50. The first-order valence-corrected chi connectivity index (χ1v) is 11.3. The summed E-state index contributed by atoms with van der Waals surface area (Å²) in [6.07, 6.45) is 5.58. The molecule has 0 aromatic rings. The molecular formula is C17H31N3O3S. The zero-order chi connectivity index (χ0) is 17.2. The normalized spacial score (nSPS) is 32.1. The molecule has 0 spiro atoms. The lowest BCUT2D eigenvalue weighted by Gasteiger charge is -2.40. The highest BCUT2D eigenvalue weighted by molar-refractivity contribution is 7.91. The average Bonchev–Trinajstić information content (AvgIpc) is 2.95. The van der Waals surface area contributed by atoms with Crippen LogP contribution in [0.1, 0.15) is 39.0 Å². The molecule has 0 N–H and O–H groups in total. The van der Waals surface area contributed by atoms with E-state index in [1.165, 1.54) is 19.3 Å². The van der Waals surface area contributed by atoms with Crippen LogP contribution in [0.25, 0.3) is 0 Å². The molecule has 2 unspecified atom stereocenters. The Labute approximate surface area is 146 Å². The number of hydrogen-bond donors (Lipinski definition) is 0. The summed E-state index contributed by atoms with van der Waals surface area (Å²) in [5.74, 6) is 0.867. The molecular weight excluding hydrogens is 326 g/mol. The Kier molecular flexibility index (Phi) is 5.82. The van der Waals surface area contributed by atoms with Crippen molar-refractivity contribution in [3.8, 4) is 0 Å². The summed E-state index contributed by atoms with van der Waals surface area (Å²) in [5.41, 5.74) is 0. The first-order valence-electron chi connectivity index (χ1n) is 9.45. The van der Waals surface area contributed by atoms with Crippen LogP contribution >= 0.6 is 0 Å².